The molecular formula is C11H17BrN2O. The predicted octanol–water partition coefficient (Wildman–Crippen LogP) is 1.90. The Morgan fingerprint density at radius 3 is 2.93 bits per heavy atom. The van der Waals surface area contributed by atoms with Gasteiger partial charge in [0, 0.05) is 11.0 Å². The van der Waals surface area contributed by atoms with Crippen LogP contribution in [0, 0.1) is 0 Å². The standard InChI is InChI=1S/C11H17BrN2O/c1-15-10-3-4-11(12)9(7-10)8-14-6-2-5-13/h3-4,7,14H,2,5-6,8,13H2,1H3. The van der Waals surface area contributed by atoms with Gasteiger partial charge in [-0.05, 0) is 43.3 Å². The minimum atomic E-state index is 0.728. The van der Waals surface area contributed by atoms with E-state index in [4.69, 9.17) is 10.5 Å². The van der Waals surface area contributed by atoms with Crippen LogP contribution >= 0.6 is 15.9 Å². The summed E-state index contributed by atoms with van der Waals surface area (Å²) in [5.74, 6) is 0.883. The molecular weight excluding hydrogens is 256 g/mol. The zero-order valence-electron chi connectivity index (χ0n) is 8.92. The van der Waals surface area contributed by atoms with Gasteiger partial charge in [-0.15, -0.1) is 0 Å². The fourth-order valence-corrected chi connectivity index (χ4v) is 1.65. The highest BCUT2D eigenvalue weighted by Crippen LogP contribution is 2.22. The first-order valence-electron chi connectivity index (χ1n) is 5.01. The van der Waals surface area contributed by atoms with Crippen molar-refractivity contribution in [3.05, 3.63) is 28.2 Å². The van der Waals surface area contributed by atoms with Crippen molar-refractivity contribution in [3.63, 3.8) is 0 Å². The molecule has 3 nitrogen and oxygen atoms in total. The van der Waals surface area contributed by atoms with Crippen LogP contribution in [0.25, 0.3) is 0 Å². The van der Waals surface area contributed by atoms with E-state index in [0.717, 1.165) is 36.3 Å². The average molecular weight is 273 g/mol. The van der Waals surface area contributed by atoms with Crippen LogP contribution in [0.5, 0.6) is 5.75 Å². The van der Waals surface area contributed by atoms with Gasteiger partial charge in [0.1, 0.15) is 5.75 Å². The number of hydrogen-bond donors (Lipinski definition) is 2. The first kappa shape index (κ1) is 12.5. The summed E-state index contributed by atoms with van der Waals surface area (Å²) in [6.07, 6.45) is 1.00. The lowest BCUT2D eigenvalue weighted by Gasteiger charge is -2.08. The maximum Gasteiger partial charge on any atom is 0.119 e. The van der Waals surface area contributed by atoms with E-state index in [1.165, 1.54) is 5.56 Å². The molecule has 1 aromatic carbocycles. The highest BCUT2D eigenvalue weighted by Gasteiger charge is 2.01. The summed E-state index contributed by atoms with van der Waals surface area (Å²) in [4.78, 5) is 0. The molecule has 0 spiro atoms. The molecule has 4 heteroatoms. The molecule has 0 heterocycles. The molecule has 3 N–H and O–H groups in total. The minimum absolute atomic E-state index is 0.728. The van der Waals surface area contributed by atoms with Gasteiger partial charge in [-0.25, -0.2) is 0 Å². The largest absolute Gasteiger partial charge is 0.497 e. The highest BCUT2D eigenvalue weighted by molar-refractivity contribution is 9.10. The molecule has 1 aromatic rings. The molecule has 0 saturated carbocycles. The molecule has 0 bridgehead atoms. The molecule has 0 radical (unpaired) electrons. The summed E-state index contributed by atoms with van der Waals surface area (Å²) in [5, 5.41) is 3.33. The Balaban J connectivity index is 2.51. The molecule has 0 amide bonds. The number of methoxy groups -OCH3 is 1. The fourth-order valence-electron chi connectivity index (χ4n) is 1.26. The molecule has 0 atom stereocenters. The van der Waals surface area contributed by atoms with E-state index >= 15 is 0 Å². The van der Waals surface area contributed by atoms with Gasteiger partial charge >= 0.3 is 0 Å². The number of benzene rings is 1. The van der Waals surface area contributed by atoms with Crippen molar-refractivity contribution in [2.24, 2.45) is 5.73 Å². The van der Waals surface area contributed by atoms with Gasteiger partial charge in [0.25, 0.3) is 0 Å². The van der Waals surface area contributed by atoms with Crippen molar-refractivity contribution >= 4 is 15.9 Å². The van der Waals surface area contributed by atoms with Crippen LogP contribution in [0.1, 0.15) is 12.0 Å². The molecule has 0 unspecified atom stereocenters. The van der Waals surface area contributed by atoms with E-state index in [-0.39, 0.29) is 0 Å². The van der Waals surface area contributed by atoms with Gasteiger partial charge in [-0.1, -0.05) is 15.9 Å². The minimum Gasteiger partial charge on any atom is -0.497 e. The van der Waals surface area contributed by atoms with Crippen molar-refractivity contribution in [3.8, 4) is 5.75 Å². The number of rotatable bonds is 6. The predicted molar refractivity (Wildman–Crippen MR) is 66.1 cm³/mol. The zero-order valence-corrected chi connectivity index (χ0v) is 10.5. The van der Waals surface area contributed by atoms with Crippen molar-refractivity contribution in [1.82, 2.24) is 5.32 Å². The number of nitrogens with two attached hydrogens (primary N) is 1. The summed E-state index contributed by atoms with van der Waals surface area (Å²) >= 11 is 3.51. The van der Waals surface area contributed by atoms with E-state index in [1.807, 2.05) is 18.2 Å². The van der Waals surface area contributed by atoms with Gasteiger partial charge in [-0.3, -0.25) is 0 Å². The summed E-state index contributed by atoms with van der Waals surface area (Å²) in [6, 6.07) is 5.96. The maximum absolute atomic E-state index is 5.41. The molecule has 84 valence electrons. The van der Waals surface area contributed by atoms with E-state index in [2.05, 4.69) is 21.2 Å². The summed E-state index contributed by atoms with van der Waals surface area (Å²) in [6.45, 7) is 2.50. The summed E-state index contributed by atoms with van der Waals surface area (Å²) < 4.78 is 6.27. The Labute approximate surface area is 99.1 Å². The van der Waals surface area contributed by atoms with Gasteiger partial charge in [-0.2, -0.15) is 0 Å². The molecule has 0 aliphatic rings. The second-order valence-electron chi connectivity index (χ2n) is 3.28. The van der Waals surface area contributed by atoms with E-state index < -0.39 is 0 Å². The Kier molecular flexibility index (Phi) is 5.68. The molecule has 0 aliphatic carbocycles. The third-order valence-electron chi connectivity index (χ3n) is 2.13. The Bertz CT molecular complexity index is 305. The maximum atomic E-state index is 5.41. The second kappa shape index (κ2) is 6.82. The van der Waals surface area contributed by atoms with Gasteiger partial charge in [0.2, 0.25) is 0 Å². The Hall–Kier alpha value is -0.580. The SMILES string of the molecule is COc1ccc(Br)c(CNCCCN)c1. The summed E-state index contributed by atoms with van der Waals surface area (Å²) in [5.41, 5.74) is 6.61. The number of hydrogen-bond acceptors (Lipinski definition) is 3. The van der Waals surface area contributed by atoms with Crippen LogP contribution in [0.3, 0.4) is 0 Å². The van der Waals surface area contributed by atoms with Gasteiger partial charge < -0.3 is 15.8 Å². The lowest BCUT2D eigenvalue weighted by atomic mass is 10.2. The van der Waals surface area contributed by atoms with Gasteiger partial charge in [0.15, 0.2) is 0 Å². The van der Waals surface area contributed by atoms with E-state index in [0.29, 0.717) is 0 Å². The summed E-state index contributed by atoms with van der Waals surface area (Å²) in [7, 11) is 1.68. The lowest BCUT2D eigenvalue weighted by molar-refractivity contribution is 0.414. The smallest absolute Gasteiger partial charge is 0.119 e. The first-order valence-corrected chi connectivity index (χ1v) is 5.80. The molecule has 1 rings (SSSR count). The van der Waals surface area contributed by atoms with Crippen molar-refractivity contribution in [2.45, 2.75) is 13.0 Å². The Morgan fingerprint density at radius 2 is 2.27 bits per heavy atom. The third-order valence-corrected chi connectivity index (χ3v) is 2.90. The highest BCUT2D eigenvalue weighted by atomic mass is 79.9. The van der Waals surface area contributed by atoms with Crippen molar-refractivity contribution < 1.29 is 4.74 Å². The van der Waals surface area contributed by atoms with Crippen molar-refractivity contribution in [2.75, 3.05) is 20.2 Å². The van der Waals surface area contributed by atoms with Crippen LogP contribution < -0.4 is 15.8 Å². The van der Waals surface area contributed by atoms with E-state index in [9.17, 15) is 0 Å². The van der Waals surface area contributed by atoms with Gasteiger partial charge in [0.05, 0.1) is 7.11 Å². The fraction of sp³-hybridized carbons (Fsp3) is 0.455. The molecule has 15 heavy (non-hydrogen) atoms. The number of ether oxygens (including phenoxy) is 1. The lowest BCUT2D eigenvalue weighted by Crippen LogP contribution is -2.17. The first-order chi connectivity index (χ1) is 7.27. The molecule has 0 fully saturated rings. The van der Waals surface area contributed by atoms with Crippen LogP contribution in [0.15, 0.2) is 22.7 Å². The topological polar surface area (TPSA) is 47.3 Å². The van der Waals surface area contributed by atoms with Crippen LogP contribution in [0.4, 0.5) is 0 Å². The van der Waals surface area contributed by atoms with Crippen LogP contribution in [-0.2, 0) is 6.54 Å². The average Bonchev–Trinajstić information content (AvgIpc) is 2.26. The van der Waals surface area contributed by atoms with Crippen molar-refractivity contribution in [1.29, 1.82) is 0 Å². The Morgan fingerprint density at radius 1 is 1.47 bits per heavy atom. The third kappa shape index (κ3) is 4.20. The zero-order chi connectivity index (χ0) is 11.1. The van der Waals surface area contributed by atoms with Crippen LogP contribution in [-0.4, -0.2) is 20.2 Å². The number of halogens is 1. The molecule has 0 aromatic heterocycles. The quantitative estimate of drug-likeness (QED) is 0.778. The molecule has 0 saturated heterocycles. The van der Waals surface area contributed by atoms with Crippen LogP contribution in [0.2, 0.25) is 0 Å². The second-order valence-corrected chi connectivity index (χ2v) is 4.13. The molecule has 0 aliphatic heterocycles. The van der Waals surface area contributed by atoms with E-state index in [1.54, 1.807) is 7.11 Å². The normalized spacial score (nSPS) is 10.3. The monoisotopic (exact) mass is 272 g/mol. The number of nitrogens with one attached hydrogen (secondary N) is 1.